The Hall–Kier alpha value is -0.290. The van der Waals surface area contributed by atoms with Crippen molar-refractivity contribution in [2.24, 2.45) is 11.3 Å². The van der Waals surface area contributed by atoms with E-state index in [2.05, 4.69) is 67.7 Å². The van der Waals surface area contributed by atoms with Crippen molar-refractivity contribution >= 4 is 28.3 Å². The molecule has 0 radical (unpaired) electrons. The summed E-state index contributed by atoms with van der Waals surface area (Å²) in [5, 5.41) is 3.51. The second-order valence-corrected chi connectivity index (χ2v) is 6.92. The smallest absolute Gasteiger partial charge is 0.0449 e. The van der Waals surface area contributed by atoms with Crippen molar-refractivity contribution in [3.63, 3.8) is 0 Å². The van der Waals surface area contributed by atoms with Crippen molar-refractivity contribution in [2.45, 2.75) is 34.2 Å². The number of anilines is 1. The summed E-state index contributed by atoms with van der Waals surface area (Å²) in [6.07, 6.45) is 0. The Morgan fingerprint density at radius 1 is 1.35 bits per heavy atom. The van der Waals surface area contributed by atoms with E-state index in [0.717, 1.165) is 22.3 Å². The Morgan fingerprint density at radius 2 is 2.00 bits per heavy atom. The molecule has 1 aromatic carbocycles. The molecule has 0 saturated carbocycles. The lowest BCUT2D eigenvalue weighted by atomic mass is 9.82. The fraction of sp³-hybridized carbons (Fsp3) is 0.571. The minimum absolute atomic E-state index is 0.364. The third-order valence-corrected chi connectivity index (χ3v) is 4.26. The number of nitrogens with one attached hydrogen (secondary N) is 1. The van der Waals surface area contributed by atoms with Crippen LogP contribution < -0.4 is 11.1 Å². The fourth-order valence-electron chi connectivity index (χ4n) is 1.42. The molecule has 0 spiro atoms. The fourth-order valence-corrected chi connectivity index (χ4v) is 2.00. The van der Waals surface area contributed by atoms with E-state index in [1.165, 1.54) is 5.56 Å². The van der Waals surface area contributed by atoms with E-state index < -0.39 is 0 Å². The van der Waals surface area contributed by atoms with Crippen LogP contribution in [0.5, 0.6) is 0 Å². The van der Waals surface area contributed by atoms with E-state index in [1.807, 2.05) is 6.07 Å². The monoisotopic (exact) mass is 346 g/mol. The van der Waals surface area contributed by atoms with Crippen LogP contribution in [0.3, 0.4) is 0 Å². The first-order chi connectivity index (χ1) is 7.80. The third kappa shape index (κ3) is 4.84. The second kappa shape index (κ2) is 6.05. The Labute approximate surface area is 119 Å². The summed E-state index contributed by atoms with van der Waals surface area (Å²) in [4.78, 5) is 0. The molecule has 0 aliphatic rings. The molecule has 17 heavy (non-hydrogen) atoms. The van der Waals surface area contributed by atoms with Crippen LogP contribution in [0.4, 0.5) is 5.69 Å². The number of hydrogen-bond acceptors (Lipinski definition) is 2. The number of nitrogens with two attached hydrogens (primary N) is 1. The summed E-state index contributed by atoms with van der Waals surface area (Å²) in [5.41, 5.74) is 8.31. The predicted octanol–water partition coefficient (Wildman–Crippen LogP) is 3.65. The molecular weight excluding hydrogens is 323 g/mol. The molecular formula is C14H23IN2. The van der Waals surface area contributed by atoms with Crippen molar-refractivity contribution in [1.29, 1.82) is 0 Å². The van der Waals surface area contributed by atoms with Crippen molar-refractivity contribution in [3.05, 3.63) is 27.3 Å². The van der Waals surface area contributed by atoms with Gasteiger partial charge in [0.1, 0.15) is 0 Å². The number of rotatable bonds is 4. The first-order valence-electron chi connectivity index (χ1n) is 6.05. The van der Waals surface area contributed by atoms with Crippen LogP contribution in [-0.2, 0) is 6.54 Å². The van der Waals surface area contributed by atoms with Gasteiger partial charge in [-0.3, -0.25) is 0 Å². The Morgan fingerprint density at radius 3 is 2.53 bits per heavy atom. The lowest BCUT2D eigenvalue weighted by molar-refractivity contribution is 0.252. The zero-order valence-corrected chi connectivity index (χ0v) is 13.3. The van der Waals surface area contributed by atoms with Crippen LogP contribution >= 0.6 is 22.6 Å². The number of halogens is 1. The van der Waals surface area contributed by atoms with Gasteiger partial charge >= 0.3 is 0 Å². The van der Waals surface area contributed by atoms with Crippen molar-refractivity contribution in [3.8, 4) is 0 Å². The number of nitrogen functional groups attached to an aromatic ring is 1. The molecule has 0 aromatic heterocycles. The van der Waals surface area contributed by atoms with Gasteiger partial charge in [-0.05, 0) is 58.2 Å². The molecule has 0 aliphatic heterocycles. The maximum atomic E-state index is 5.79. The first kappa shape index (κ1) is 14.8. The average molecular weight is 346 g/mol. The first-order valence-corrected chi connectivity index (χ1v) is 7.13. The summed E-state index contributed by atoms with van der Waals surface area (Å²) in [7, 11) is 0. The van der Waals surface area contributed by atoms with E-state index in [4.69, 9.17) is 5.73 Å². The predicted molar refractivity (Wildman–Crippen MR) is 83.9 cm³/mol. The Bertz CT molecular complexity index is 369. The minimum atomic E-state index is 0.364. The van der Waals surface area contributed by atoms with Gasteiger partial charge in [0, 0.05) is 15.8 Å². The highest BCUT2D eigenvalue weighted by Crippen LogP contribution is 2.24. The van der Waals surface area contributed by atoms with E-state index in [0.29, 0.717) is 11.3 Å². The molecule has 3 N–H and O–H groups in total. The molecule has 0 aliphatic carbocycles. The Balaban J connectivity index is 2.44. The quantitative estimate of drug-likeness (QED) is 0.645. The molecule has 1 rings (SSSR count). The van der Waals surface area contributed by atoms with Crippen molar-refractivity contribution in [2.75, 3.05) is 12.3 Å². The summed E-state index contributed by atoms with van der Waals surface area (Å²) >= 11 is 2.28. The zero-order chi connectivity index (χ0) is 13.1. The third-order valence-electron chi connectivity index (χ3n) is 3.32. The molecule has 0 saturated heterocycles. The highest BCUT2D eigenvalue weighted by Gasteiger charge is 2.19. The van der Waals surface area contributed by atoms with Gasteiger partial charge in [0.25, 0.3) is 0 Å². The number of benzene rings is 1. The summed E-state index contributed by atoms with van der Waals surface area (Å²) in [6.45, 7) is 11.1. The molecule has 96 valence electrons. The largest absolute Gasteiger partial charge is 0.398 e. The average Bonchev–Trinajstić information content (AvgIpc) is 2.22. The number of hydrogen-bond donors (Lipinski definition) is 2. The second-order valence-electron chi connectivity index (χ2n) is 5.75. The molecule has 0 bridgehead atoms. The molecule has 1 atom stereocenters. The van der Waals surface area contributed by atoms with Gasteiger partial charge in [0.05, 0.1) is 0 Å². The van der Waals surface area contributed by atoms with Crippen LogP contribution in [0.15, 0.2) is 18.2 Å². The highest BCUT2D eigenvalue weighted by atomic mass is 127. The molecule has 0 amide bonds. The Kier molecular flexibility index (Phi) is 5.25. The summed E-state index contributed by atoms with van der Waals surface area (Å²) in [5.74, 6) is 0.662. The van der Waals surface area contributed by atoms with E-state index in [9.17, 15) is 0 Å². The maximum Gasteiger partial charge on any atom is 0.0449 e. The maximum absolute atomic E-state index is 5.79. The van der Waals surface area contributed by atoms with Crippen LogP contribution in [0.1, 0.15) is 33.3 Å². The van der Waals surface area contributed by atoms with Gasteiger partial charge in [-0.1, -0.05) is 33.8 Å². The molecule has 3 heteroatoms. The van der Waals surface area contributed by atoms with Gasteiger partial charge < -0.3 is 11.1 Å². The van der Waals surface area contributed by atoms with Crippen LogP contribution in [0.25, 0.3) is 0 Å². The van der Waals surface area contributed by atoms with E-state index >= 15 is 0 Å². The van der Waals surface area contributed by atoms with Gasteiger partial charge in [0.2, 0.25) is 0 Å². The topological polar surface area (TPSA) is 38.0 Å². The van der Waals surface area contributed by atoms with Gasteiger partial charge in [-0.15, -0.1) is 0 Å². The SMILES string of the molecule is CC(CNCc1ccc(N)c(I)c1)C(C)(C)C. The van der Waals surface area contributed by atoms with Crippen molar-refractivity contribution < 1.29 is 0 Å². The van der Waals surface area contributed by atoms with Gasteiger partial charge in [-0.2, -0.15) is 0 Å². The normalized spacial score (nSPS) is 13.7. The van der Waals surface area contributed by atoms with Crippen LogP contribution in [-0.4, -0.2) is 6.54 Å². The minimum Gasteiger partial charge on any atom is -0.398 e. The zero-order valence-electron chi connectivity index (χ0n) is 11.2. The van der Waals surface area contributed by atoms with Crippen LogP contribution in [0.2, 0.25) is 0 Å². The van der Waals surface area contributed by atoms with Gasteiger partial charge in [-0.25, -0.2) is 0 Å². The highest BCUT2D eigenvalue weighted by molar-refractivity contribution is 14.1. The van der Waals surface area contributed by atoms with Crippen LogP contribution in [0, 0.1) is 14.9 Å². The van der Waals surface area contributed by atoms with Crippen molar-refractivity contribution in [1.82, 2.24) is 5.32 Å². The lowest BCUT2D eigenvalue weighted by Gasteiger charge is -2.27. The van der Waals surface area contributed by atoms with E-state index in [1.54, 1.807) is 0 Å². The molecule has 2 nitrogen and oxygen atoms in total. The van der Waals surface area contributed by atoms with E-state index in [-0.39, 0.29) is 0 Å². The molecule has 1 aromatic rings. The lowest BCUT2D eigenvalue weighted by Crippen LogP contribution is -2.29. The molecule has 1 unspecified atom stereocenters. The van der Waals surface area contributed by atoms with Gasteiger partial charge in [0.15, 0.2) is 0 Å². The summed E-state index contributed by atoms with van der Waals surface area (Å²) in [6, 6.07) is 6.21. The standard InChI is InChI=1S/C14H23IN2/c1-10(14(2,3)4)8-17-9-11-5-6-13(16)12(15)7-11/h5-7,10,17H,8-9,16H2,1-4H3. The summed E-state index contributed by atoms with van der Waals surface area (Å²) < 4.78 is 1.13. The molecule has 0 heterocycles. The molecule has 0 fully saturated rings.